The minimum Gasteiger partial charge on any atom is -0.477 e. The Balaban J connectivity index is 1.42. The molecule has 0 saturated heterocycles. The minimum absolute atomic E-state index is 0.283. The number of carbonyl (C=O) groups is 1. The third-order valence-electron chi connectivity index (χ3n) is 3.89. The average molecular weight is 341 g/mol. The van der Waals surface area contributed by atoms with Crippen molar-refractivity contribution in [1.29, 1.82) is 0 Å². The van der Waals surface area contributed by atoms with Gasteiger partial charge in [0.1, 0.15) is 4.88 Å². The molecule has 2 heterocycles. The fraction of sp³-hybridized carbons (Fsp3) is 0.167. The molecular formula is C18H15NO4S. The number of fused-ring (bicyclic) bond motifs is 2. The molecule has 2 aromatic carbocycles. The van der Waals surface area contributed by atoms with Crippen LogP contribution in [0.3, 0.4) is 0 Å². The first-order valence-corrected chi connectivity index (χ1v) is 8.36. The molecule has 5 nitrogen and oxygen atoms in total. The van der Waals surface area contributed by atoms with Crippen molar-refractivity contribution in [2.45, 2.75) is 13.1 Å². The Hall–Kier alpha value is -2.57. The Morgan fingerprint density at radius 1 is 1.04 bits per heavy atom. The lowest BCUT2D eigenvalue weighted by molar-refractivity contribution is 0.0702. The minimum atomic E-state index is -0.876. The van der Waals surface area contributed by atoms with Gasteiger partial charge in [-0.05, 0) is 40.8 Å². The summed E-state index contributed by atoms with van der Waals surface area (Å²) in [6.45, 7) is 1.72. The van der Waals surface area contributed by atoms with E-state index in [9.17, 15) is 4.79 Å². The van der Waals surface area contributed by atoms with Gasteiger partial charge in [0, 0.05) is 17.8 Å². The second-order valence-corrected chi connectivity index (χ2v) is 6.66. The third-order valence-corrected chi connectivity index (χ3v) is 4.98. The number of thiophene rings is 1. The van der Waals surface area contributed by atoms with Crippen molar-refractivity contribution in [2.24, 2.45) is 0 Å². The van der Waals surface area contributed by atoms with Crippen LogP contribution >= 0.6 is 11.3 Å². The van der Waals surface area contributed by atoms with Crippen LogP contribution in [0.2, 0.25) is 0 Å². The fourth-order valence-electron chi connectivity index (χ4n) is 2.69. The van der Waals surface area contributed by atoms with Crippen LogP contribution in [0, 0.1) is 0 Å². The third kappa shape index (κ3) is 2.93. The SMILES string of the molecule is O=C(O)c1cc2ccc(CNCc3ccc4c(c3)OCO4)cc2s1. The van der Waals surface area contributed by atoms with Gasteiger partial charge in [-0.3, -0.25) is 0 Å². The monoisotopic (exact) mass is 341 g/mol. The van der Waals surface area contributed by atoms with E-state index in [1.165, 1.54) is 11.3 Å². The molecule has 0 bridgehead atoms. The van der Waals surface area contributed by atoms with Crippen molar-refractivity contribution in [3.8, 4) is 11.5 Å². The normalized spacial score (nSPS) is 12.7. The zero-order valence-electron chi connectivity index (χ0n) is 12.7. The van der Waals surface area contributed by atoms with Crippen LogP contribution in [0.4, 0.5) is 0 Å². The second kappa shape index (κ2) is 6.14. The van der Waals surface area contributed by atoms with Gasteiger partial charge in [0.25, 0.3) is 0 Å². The first-order chi connectivity index (χ1) is 11.7. The Morgan fingerprint density at radius 3 is 2.62 bits per heavy atom. The summed E-state index contributed by atoms with van der Waals surface area (Å²) in [5, 5.41) is 13.4. The van der Waals surface area contributed by atoms with Crippen molar-refractivity contribution >= 4 is 27.4 Å². The maximum Gasteiger partial charge on any atom is 0.345 e. The lowest BCUT2D eigenvalue weighted by atomic mass is 10.1. The molecule has 1 aliphatic rings. The van der Waals surface area contributed by atoms with Gasteiger partial charge in [-0.15, -0.1) is 11.3 Å². The van der Waals surface area contributed by atoms with Gasteiger partial charge in [0.05, 0.1) is 0 Å². The van der Waals surface area contributed by atoms with Crippen LogP contribution in [-0.4, -0.2) is 17.9 Å². The summed E-state index contributed by atoms with van der Waals surface area (Å²) in [5.41, 5.74) is 2.26. The van der Waals surface area contributed by atoms with Crippen LogP contribution in [0.25, 0.3) is 10.1 Å². The van der Waals surface area contributed by atoms with Gasteiger partial charge in [0.2, 0.25) is 6.79 Å². The number of benzene rings is 2. The Labute approximate surface area is 142 Å². The van der Waals surface area contributed by atoms with Gasteiger partial charge >= 0.3 is 5.97 Å². The predicted molar refractivity (Wildman–Crippen MR) is 91.9 cm³/mol. The number of rotatable bonds is 5. The zero-order chi connectivity index (χ0) is 16.5. The van der Waals surface area contributed by atoms with Crippen LogP contribution < -0.4 is 14.8 Å². The van der Waals surface area contributed by atoms with E-state index in [0.717, 1.165) is 39.3 Å². The fourth-order valence-corrected chi connectivity index (χ4v) is 3.66. The Bertz CT molecular complexity index is 919. The van der Waals surface area contributed by atoms with Crippen molar-refractivity contribution in [3.05, 3.63) is 58.5 Å². The maximum absolute atomic E-state index is 11.0. The maximum atomic E-state index is 11.0. The summed E-state index contributed by atoms with van der Waals surface area (Å²) in [6.07, 6.45) is 0. The second-order valence-electron chi connectivity index (χ2n) is 5.58. The number of hydrogen-bond acceptors (Lipinski definition) is 5. The molecule has 3 aromatic rings. The van der Waals surface area contributed by atoms with E-state index in [1.807, 2.05) is 36.4 Å². The molecular weight excluding hydrogens is 326 g/mol. The molecule has 2 N–H and O–H groups in total. The highest BCUT2D eigenvalue weighted by Crippen LogP contribution is 2.32. The predicted octanol–water partition coefficient (Wildman–Crippen LogP) is 3.62. The lowest BCUT2D eigenvalue weighted by Gasteiger charge is -2.06. The molecule has 0 amide bonds. The van der Waals surface area contributed by atoms with E-state index in [2.05, 4.69) is 5.32 Å². The number of carboxylic acids is 1. The molecule has 122 valence electrons. The quantitative estimate of drug-likeness (QED) is 0.742. The smallest absolute Gasteiger partial charge is 0.345 e. The standard InChI is InChI=1S/C18H15NO4S/c20-18(21)17-7-13-3-1-12(6-16(13)24-17)9-19-8-11-2-4-14-15(5-11)23-10-22-14/h1-7,19H,8-10H2,(H,20,21). The van der Waals surface area contributed by atoms with Crippen molar-refractivity contribution in [2.75, 3.05) is 6.79 Å². The number of aromatic carboxylic acids is 1. The van der Waals surface area contributed by atoms with E-state index in [-0.39, 0.29) is 6.79 Å². The van der Waals surface area contributed by atoms with Crippen LogP contribution in [0.5, 0.6) is 11.5 Å². The van der Waals surface area contributed by atoms with Gasteiger partial charge in [-0.25, -0.2) is 4.79 Å². The van der Waals surface area contributed by atoms with Crippen molar-refractivity contribution in [1.82, 2.24) is 5.32 Å². The first kappa shape index (κ1) is 15.0. The van der Waals surface area contributed by atoms with Crippen LogP contribution in [0.1, 0.15) is 20.8 Å². The first-order valence-electron chi connectivity index (χ1n) is 7.54. The largest absolute Gasteiger partial charge is 0.477 e. The summed E-state index contributed by atoms with van der Waals surface area (Å²) in [7, 11) is 0. The summed E-state index contributed by atoms with van der Waals surface area (Å²) in [4.78, 5) is 11.4. The van der Waals surface area contributed by atoms with E-state index in [1.54, 1.807) is 6.07 Å². The molecule has 0 atom stereocenters. The molecule has 1 aliphatic heterocycles. The van der Waals surface area contributed by atoms with Crippen molar-refractivity contribution < 1.29 is 19.4 Å². The molecule has 0 aliphatic carbocycles. The molecule has 24 heavy (non-hydrogen) atoms. The van der Waals surface area contributed by atoms with E-state index in [4.69, 9.17) is 14.6 Å². The molecule has 0 spiro atoms. The summed E-state index contributed by atoms with van der Waals surface area (Å²) >= 11 is 1.31. The highest BCUT2D eigenvalue weighted by atomic mass is 32.1. The number of hydrogen-bond donors (Lipinski definition) is 2. The van der Waals surface area contributed by atoms with Crippen LogP contribution in [0.15, 0.2) is 42.5 Å². The number of nitrogens with one attached hydrogen (secondary N) is 1. The average Bonchev–Trinajstić information content (AvgIpc) is 3.20. The lowest BCUT2D eigenvalue weighted by Crippen LogP contribution is -2.12. The summed E-state index contributed by atoms with van der Waals surface area (Å²) in [5.74, 6) is 0.699. The van der Waals surface area contributed by atoms with Gasteiger partial charge in [-0.1, -0.05) is 18.2 Å². The highest BCUT2D eigenvalue weighted by Gasteiger charge is 2.13. The summed E-state index contributed by atoms with van der Waals surface area (Å²) in [6, 6.07) is 13.7. The molecule has 0 saturated carbocycles. The van der Waals surface area contributed by atoms with E-state index >= 15 is 0 Å². The number of ether oxygens (including phenoxy) is 2. The molecule has 1 aromatic heterocycles. The Morgan fingerprint density at radius 2 is 1.79 bits per heavy atom. The van der Waals surface area contributed by atoms with E-state index in [0.29, 0.717) is 11.4 Å². The zero-order valence-corrected chi connectivity index (χ0v) is 13.6. The topological polar surface area (TPSA) is 67.8 Å². The molecule has 0 fully saturated rings. The Kier molecular flexibility index (Phi) is 3.84. The number of carboxylic acid groups (broad SMARTS) is 1. The molecule has 0 radical (unpaired) electrons. The van der Waals surface area contributed by atoms with E-state index < -0.39 is 5.97 Å². The highest BCUT2D eigenvalue weighted by molar-refractivity contribution is 7.20. The van der Waals surface area contributed by atoms with Crippen molar-refractivity contribution in [3.63, 3.8) is 0 Å². The molecule has 4 rings (SSSR count). The summed E-state index contributed by atoms with van der Waals surface area (Å²) < 4.78 is 11.7. The van der Waals surface area contributed by atoms with Gasteiger partial charge in [0.15, 0.2) is 11.5 Å². The molecule has 0 unspecified atom stereocenters. The molecule has 6 heteroatoms. The van der Waals surface area contributed by atoms with Gasteiger partial charge < -0.3 is 19.9 Å². The van der Waals surface area contributed by atoms with Gasteiger partial charge in [-0.2, -0.15) is 0 Å². The van der Waals surface area contributed by atoms with Crippen LogP contribution in [-0.2, 0) is 13.1 Å².